The van der Waals surface area contributed by atoms with Crippen LogP contribution in [0.15, 0.2) is 12.5 Å². The highest BCUT2D eigenvalue weighted by Gasteiger charge is 2.48. The highest BCUT2D eigenvalue weighted by atomic mass is 19.1. The molecule has 0 saturated carbocycles. The number of nitrogens with two attached hydrogens (primary N) is 1. The lowest BCUT2D eigenvalue weighted by atomic mass is 10.1. The van der Waals surface area contributed by atoms with Crippen molar-refractivity contribution in [3.05, 3.63) is 18.2 Å². The fourth-order valence-corrected chi connectivity index (χ4v) is 3.14. The second-order valence-electron chi connectivity index (χ2n) is 6.72. The van der Waals surface area contributed by atoms with E-state index in [1.807, 2.05) is 0 Å². The molecule has 2 aromatic heterocycles. The molecule has 1 aliphatic heterocycles. The average Bonchev–Trinajstić information content (AvgIpc) is 3.22. The van der Waals surface area contributed by atoms with Gasteiger partial charge in [-0.3, -0.25) is 0 Å². The van der Waals surface area contributed by atoms with Gasteiger partial charge in [0.2, 0.25) is 0 Å². The van der Waals surface area contributed by atoms with Crippen LogP contribution < -0.4 is 5.73 Å². The Morgan fingerprint density at radius 3 is 2.78 bits per heavy atom. The van der Waals surface area contributed by atoms with Crippen LogP contribution in [-0.2, 0) is 14.2 Å². The molecule has 27 heavy (non-hydrogen) atoms. The van der Waals surface area contributed by atoms with Gasteiger partial charge in [-0.05, 0) is 12.8 Å². The van der Waals surface area contributed by atoms with E-state index in [1.54, 1.807) is 0 Å². The number of rotatable bonds is 10. The number of anilines is 1. The van der Waals surface area contributed by atoms with Gasteiger partial charge in [0.15, 0.2) is 17.6 Å². The van der Waals surface area contributed by atoms with Crippen LogP contribution in [0, 0.1) is 0 Å². The first-order valence-electron chi connectivity index (χ1n) is 9.60. The first-order chi connectivity index (χ1) is 13.2. The quantitative estimate of drug-likeness (QED) is 0.632. The molecule has 9 heteroatoms. The summed E-state index contributed by atoms with van der Waals surface area (Å²) >= 11 is 0. The number of nitrogens with zero attached hydrogens (tertiary/aromatic N) is 4. The monoisotopic (exact) mass is 381 g/mol. The number of hydrogen-bond donors (Lipinski definition) is 1. The minimum atomic E-state index is -1.35. The second kappa shape index (κ2) is 9.38. The van der Waals surface area contributed by atoms with Gasteiger partial charge in [0.05, 0.1) is 18.5 Å². The maximum Gasteiger partial charge on any atom is 0.196 e. The fraction of sp³-hybridized carbons (Fsp3) is 0.722. The molecule has 2 N–H and O–H groups in total. The molecule has 0 aromatic carbocycles. The number of fused-ring (bicyclic) bond motifs is 1. The van der Waals surface area contributed by atoms with Crippen molar-refractivity contribution in [3.63, 3.8) is 0 Å². The Morgan fingerprint density at radius 2 is 2.00 bits per heavy atom. The molecule has 8 nitrogen and oxygen atoms in total. The predicted octanol–water partition coefficient (Wildman–Crippen LogP) is 2.49. The lowest BCUT2D eigenvalue weighted by Crippen LogP contribution is -2.34. The van der Waals surface area contributed by atoms with Crippen molar-refractivity contribution in [2.75, 3.05) is 25.6 Å². The fourth-order valence-electron chi connectivity index (χ4n) is 3.14. The van der Waals surface area contributed by atoms with E-state index < -0.39 is 24.5 Å². The van der Waals surface area contributed by atoms with Crippen molar-refractivity contribution in [3.8, 4) is 0 Å². The predicted molar refractivity (Wildman–Crippen MR) is 98.1 cm³/mol. The number of aromatic nitrogens is 4. The average molecular weight is 381 g/mol. The SMILES string of the molecule is CCCCOC[C@H]1OC(c2cnc3c(N)ncnn23)[C@H](F)[C@@H]1OCCCC. The smallest absolute Gasteiger partial charge is 0.196 e. The Labute approximate surface area is 158 Å². The molecule has 0 bridgehead atoms. The first-order valence-corrected chi connectivity index (χ1v) is 9.60. The lowest BCUT2D eigenvalue weighted by molar-refractivity contribution is -0.0673. The maximum absolute atomic E-state index is 15.3. The summed E-state index contributed by atoms with van der Waals surface area (Å²) in [6.07, 6.45) is 3.33. The summed E-state index contributed by atoms with van der Waals surface area (Å²) in [5, 5.41) is 4.14. The highest BCUT2D eigenvalue weighted by molar-refractivity contribution is 5.58. The molecular weight excluding hydrogens is 353 g/mol. The Balaban J connectivity index is 1.77. The molecule has 1 unspecified atom stereocenters. The van der Waals surface area contributed by atoms with Crippen LogP contribution in [0.4, 0.5) is 10.2 Å². The molecule has 1 aliphatic rings. The zero-order valence-electron chi connectivity index (χ0n) is 15.9. The third-order valence-corrected chi connectivity index (χ3v) is 4.67. The minimum Gasteiger partial charge on any atom is -0.381 e. The van der Waals surface area contributed by atoms with Gasteiger partial charge in [-0.15, -0.1) is 0 Å². The van der Waals surface area contributed by atoms with E-state index in [4.69, 9.17) is 19.9 Å². The lowest BCUT2D eigenvalue weighted by Gasteiger charge is -2.20. The summed E-state index contributed by atoms with van der Waals surface area (Å²) in [4.78, 5) is 8.11. The molecule has 3 rings (SSSR count). The van der Waals surface area contributed by atoms with Crippen LogP contribution in [0.3, 0.4) is 0 Å². The van der Waals surface area contributed by atoms with Crippen LogP contribution in [0.1, 0.15) is 51.3 Å². The van der Waals surface area contributed by atoms with Crippen molar-refractivity contribution in [2.24, 2.45) is 0 Å². The normalized spacial score (nSPS) is 25.4. The van der Waals surface area contributed by atoms with Gasteiger partial charge in [-0.2, -0.15) is 5.10 Å². The molecule has 3 heterocycles. The van der Waals surface area contributed by atoms with Crippen molar-refractivity contribution < 1.29 is 18.6 Å². The molecule has 0 spiro atoms. The van der Waals surface area contributed by atoms with E-state index >= 15 is 4.39 Å². The summed E-state index contributed by atoms with van der Waals surface area (Å²) in [5.74, 6) is 0.236. The van der Waals surface area contributed by atoms with Crippen LogP contribution in [0.5, 0.6) is 0 Å². The van der Waals surface area contributed by atoms with Gasteiger partial charge in [-0.1, -0.05) is 26.7 Å². The number of ether oxygens (including phenoxy) is 3. The third-order valence-electron chi connectivity index (χ3n) is 4.67. The molecule has 0 radical (unpaired) electrons. The largest absolute Gasteiger partial charge is 0.381 e. The number of nitrogen functional groups attached to an aromatic ring is 1. The number of alkyl halides is 1. The molecule has 1 saturated heterocycles. The number of imidazole rings is 1. The van der Waals surface area contributed by atoms with Gasteiger partial charge in [0.1, 0.15) is 24.6 Å². The van der Waals surface area contributed by atoms with E-state index in [1.165, 1.54) is 17.0 Å². The second-order valence-corrected chi connectivity index (χ2v) is 6.72. The van der Waals surface area contributed by atoms with Crippen LogP contribution >= 0.6 is 0 Å². The minimum absolute atomic E-state index is 0.236. The number of halogens is 1. The topological polar surface area (TPSA) is 96.8 Å². The van der Waals surface area contributed by atoms with Crippen molar-refractivity contribution in [1.29, 1.82) is 0 Å². The summed E-state index contributed by atoms with van der Waals surface area (Å²) in [7, 11) is 0. The molecule has 1 fully saturated rings. The summed E-state index contributed by atoms with van der Waals surface area (Å²) in [5.41, 5.74) is 6.70. The van der Waals surface area contributed by atoms with Gasteiger partial charge in [0.25, 0.3) is 0 Å². The molecular formula is C18H28FN5O3. The molecule has 4 atom stereocenters. The van der Waals surface area contributed by atoms with E-state index in [9.17, 15) is 0 Å². The van der Waals surface area contributed by atoms with E-state index in [-0.39, 0.29) is 5.82 Å². The molecule has 2 aromatic rings. The summed E-state index contributed by atoms with van der Waals surface area (Å²) < 4.78 is 34.3. The highest BCUT2D eigenvalue weighted by Crippen LogP contribution is 2.37. The summed E-state index contributed by atoms with van der Waals surface area (Å²) in [6, 6.07) is 0. The van der Waals surface area contributed by atoms with Crippen molar-refractivity contribution in [2.45, 2.75) is 64.0 Å². The van der Waals surface area contributed by atoms with Crippen LogP contribution in [0.2, 0.25) is 0 Å². The van der Waals surface area contributed by atoms with Gasteiger partial charge >= 0.3 is 0 Å². The Morgan fingerprint density at radius 1 is 1.22 bits per heavy atom. The summed E-state index contributed by atoms with van der Waals surface area (Å²) in [6.45, 7) is 5.57. The maximum atomic E-state index is 15.3. The Hall–Kier alpha value is -1.84. The van der Waals surface area contributed by atoms with Gasteiger partial charge in [0, 0.05) is 13.2 Å². The van der Waals surface area contributed by atoms with Crippen molar-refractivity contribution >= 4 is 11.5 Å². The standard InChI is InChI=1S/C18H28FN5O3/c1-3-5-7-25-10-13-16(26-8-6-4-2)14(19)15(27-13)12-9-21-18-17(20)22-11-23-24(12)18/h9,11,13-16H,3-8,10H2,1-2H3,(H2,20,22,23)/t13-,14+,15?,16-/m1/s1. The molecule has 0 amide bonds. The Bertz CT molecular complexity index is 728. The van der Waals surface area contributed by atoms with E-state index in [2.05, 4.69) is 28.9 Å². The number of hydrogen-bond acceptors (Lipinski definition) is 7. The zero-order valence-corrected chi connectivity index (χ0v) is 15.9. The Kier molecular flexibility index (Phi) is 6.92. The zero-order chi connectivity index (χ0) is 19.2. The first kappa shape index (κ1) is 19.9. The van der Waals surface area contributed by atoms with Gasteiger partial charge in [-0.25, -0.2) is 18.9 Å². The molecule has 0 aliphatic carbocycles. The van der Waals surface area contributed by atoms with Gasteiger partial charge < -0.3 is 19.9 Å². The third kappa shape index (κ3) is 4.36. The van der Waals surface area contributed by atoms with Crippen LogP contribution in [0.25, 0.3) is 5.65 Å². The van der Waals surface area contributed by atoms with Crippen LogP contribution in [-0.4, -0.2) is 57.8 Å². The van der Waals surface area contributed by atoms with E-state index in [0.717, 1.165) is 25.7 Å². The molecule has 150 valence electrons. The van der Waals surface area contributed by atoms with Crippen molar-refractivity contribution in [1.82, 2.24) is 19.6 Å². The number of unbranched alkanes of at least 4 members (excludes halogenated alkanes) is 2. The van der Waals surface area contributed by atoms with E-state index in [0.29, 0.717) is 31.2 Å².